The molecule has 8 heteroatoms. The maximum atomic E-state index is 13.5. The van der Waals surface area contributed by atoms with E-state index in [2.05, 4.69) is 34.1 Å². The number of amides is 1. The maximum absolute atomic E-state index is 13.5. The van der Waals surface area contributed by atoms with Crippen LogP contribution in [-0.4, -0.2) is 101 Å². The SMILES string of the molecule is CC(O)CN1CCC(Oc2ccc3c(c2)O[C@H](C)CN(C[C@H](O)CN2CCc4ccccc4C2)C3=O)CC1. The van der Waals surface area contributed by atoms with Gasteiger partial charge in [-0.1, -0.05) is 24.3 Å². The fourth-order valence-corrected chi connectivity index (χ4v) is 5.92. The molecule has 0 aromatic heterocycles. The third-order valence-electron chi connectivity index (χ3n) is 7.75. The van der Waals surface area contributed by atoms with Gasteiger partial charge in [0.05, 0.1) is 24.3 Å². The van der Waals surface area contributed by atoms with Crippen LogP contribution >= 0.6 is 0 Å². The summed E-state index contributed by atoms with van der Waals surface area (Å²) < 4.78 is 12.4. The fourth-order valence-electron chi connectivity index (χ4n) is 5.92. The van der Waals surface area contributed by atoms with Crippen LogP contribution in [0.25, 0.3) is 0 Å². The highest BCUT2D eigenvalue weighted by molar-refractivity contribution is 5.97. The first kappa shape index (κ1) is 26.9. The molecular weight excluding hydrogens is 482 g/mol. The van der Waals surface area contributed by atoms with Crippen molar-refractivity contribution in [3.8, 4) is 11.5 Å². The molecule has 1 saturated heterocycles. The summed E-state index contributed by atoms with van der Waals surface area (Å²) in [4.78, 5) is 19.7. The van der Waals surface area contributed by atoms with Crippen LogP contribution < -0.4 is 9.47 Å². The number of likely N-dealkylation sites (tertiary alicyclic amines) is 1. The molecule has 1 unspecified atom stereocenters. The zero-order valence-corrected chi connectivity index (χ0v) is 22.6. The van der Waals surface area contributed by atoms with Gasteiger partial charge < -0.3 is 29.5 Å². The number of fused-ring (bicyclic) bond motifs is 2. The molecule has 0 radical (unpaired) electrons. The number of hydrogen-bond acceptors (Lipinski definition) is 7. The van der Waals surface area contributed by atoms with Crippen molar-refractivity contribution in [2.75, 3.05) is 45.8 Å². The van der Waals surface area contributed by atoms with Crippen molar-refractivity contribution in [1.82, 2.24) is 14.7 Å². The van der Waals surface area contributed by atoms with Crippen LogP contribution in [0.1, 0.15) is 48.2 Å². The molecular formula is C30H41N3O5. The molecule has 206 valence electrons. The Hall–Kier alpha value is -2.65. The van der Waals surface area contributed by atoms with E-state index in [1.54, 1.807) is 11.0 Å². The number of carbonyl (C=O) groups is 1. The van der Waals surface area contributed by atoms with Gasteiger partial charge in [-0.2, -0.15) is 0 Å². The van der Waals surface area contributed by atoms with Crippen LogP contribution in [-0.2, 0) is 13.0 Å². The molecule has 3 aliphatic heterocycles. The van der Waals surface area contributed by atoms with Crippen LogP contribution in [0.5, 0.6) is 11.5 Å². The van der Waals surface area contributed by atoms with Gasteiger partial charge in [-0.05, 0) is 56.4 Å². The molecule has 0 saturated carbocycles. The Morgan fingerprint density at radius 3 is 2.53 bits per heavy atom. The second-order valence-corrected chi connectivity index (χ2v) is 11.2. The summed E-state index contributed by atoms with van der Waals surface area (Å²) in [5.74, 6) is 1.12. The minimum atomic E-state index is -0.639. The van der Waals surface area contributed by atoms with E-state index in [4.69, 9.17) is 9.47 Å². The van der Waals surface area contributed by atoms with Gasteiger partial charge in [-0.15, -0.1) is 0 Å². The molecule has 3 heterocycles. The van der Waals surface area contributed by atoms with Crippen molar-refractivity contribution in [3.63, 3.8) is 0 Å². The lowest BCUT2D eigenvalue weighted by Crippen LogP contribution is -2.45. The first-order valence-corrected chi connectivity index (χ1v) is 14.0. The maximum Gasteiger partial charge on any atom is 0.257 e. The average Bonchev–Trinajstić information content (AvgIpc) is 2.99. The van der Waals surface area contributed by atoms with Gasteiger partial charge in [0.15, 0.2) is 0 Å². The van der Waals surface area contributed by atoms with E-state index in [0.717, 1.165) is 45.4 Å². The highest BCUT2D eigenvalue weighted by Crippen LogP contribution is 2.31. The van der Waals surface area contributed by atoms with Gasteiger partial charge >= 0.3 is 0 Å². The van der Waals surface area contributed by atoms with Gasteiger partial charge in [0.25, 0.3) is 5.91 Å². The normalized spacial score (nSPS) is 22.7. The smallest absolute Gasteiger partial charge is 0.257 e. The molecule has 5 rings (SSSR count). The van der Waals surface area contributed by atoms with Gasteiger partial charge in [-0.3, -0.25) is 9.69 Å². The number of carbonyl (C=O) groups excluding carboxylic acids is 1. The molecule has 0 spiro atoms. The molecule has 2 aromatic rings. The van der Waals surface area contributed by atoms with Crippen LogP contribution in [0.4, 0.5) is 0 Å². The molecule has 3 atom stereocenters. The number of piperidine rings is 1. The minimum Gasteiger partial charge on any atom is -0.490 e. The Labute approximate surface area is 225 Å². The molecule has 3 aliphatic rings. The summed E-state index contributed by atoms with van der Waals surface area (Å²) in [6.45, 7) is 9.21. The minimum absolute atomic E-state index is 0.102. The average molecular weight is 524 g/mol. The Bertz CT molecular complexity index is 1100. The highest BCUT2D eigenvalue weighted by Gasteiger charge is 2.30. The number of rotatable bonds is 8. The predicted molar refractivity (Wildman–Crippen MR) is 146 cm³/mol. The lowest BCUT2D eigenvalue weighted by molar-refractivity contribution is 0.0454. The van der Waals surface area contributed by atoms with Gasteiger partial charge in [0, 0.05) is 51.9 Å². The number of ether oxygens (including phenoxy) is 2. The van der Waals surface area contributed by atoms with Crippen molar-refractivity contribution >= 4 is 5.91 Å². The molecule has 38 heavy (non-hydrogen) atoms. The zero-order chi connectivity index (χ0) is 26.6. The first-order chi connectivity index (χ1) is 18.3. The summed E-state index contributed by atoms with van der Waals surface area (Å²) in [6, 6.07) is 13.9. The lowest BCUT2D eigenvalue weighted by Gasteiger charge is -2.32. The molecule has 1 fully saturated rings. The molecule has 8 nitrogen and oxygen atoms in total. The number of aliphatic hydroxyl groups excluding tert-OH is 2. The zero-order valence-electron chi connectivity index (χ0n) is 22.6. The van der Waals surface area contributed by atoms with Gasteiger partial charge in [0.1, 0.15) is 23.7 Å². The number of benzene rings is 2. The Balaban J connectivity index is 1.18. The first-order valence-electron chi connectivity index (χ1n) is 14.0. The standard InChI is InChI=1S/C30H41N3O5/c1-21(34)16-31-13-10-26(11-14-31)38-27-7-8-28-29(15-27)37-22(2)17-33(30(28)36)20-25(35)19-32-12-9-23-5-3-4-6-24(23)18-32/h3-8,15,21-22,25-26,34-35H,9-14,16-20H2,1-2H3/t21?,22-,25-/m1/s1. The van der Waals surface area contributed by atoms with Crippen molar-refractivity contribution in [3.05, 3.63) is 59.2 Å². The van der Waals surface area contributed by atoms with E-state index in [9.17, 15) is 15.0 Å². The summed E-state index contributed by atoms with van der Waals surface area (Å²) in [5, 5.41) is 20.5. The highest BCUT2D eigenvalue weighted by atomic mass is 16.5. The summed E-state index contributed by atoms with van der Waals surface area (Å²) in [6.07, 6.45) is 1.72. The second-order valence-electron chi connectivity index (χ2n) is 11.2. The van der Waals surface area contributed by atoms with Gasteiger partial charge in [-0.25, -0.2) is 0 Å². The van der Waals surface area contributed by atoms with Crippen LogP contribution in [0.3, 0.4) is 0 Å². The monoisotopic (exact) mass is 523 g/mol. The summed E-state index contributed by atoms with van der Waals surface area (Å²) >= 11 is 0. The van der Waals surface area contributed by atoms with Crippen molar-refractivity contribution in [2.45, 2.75) is 64.1 Å². The number of β-amino-alcohol motifs (C(OH)–C–C–N with tert-alkyl or cyclic N) is 2. The van der Waals surface area contributed by atoms with E-state index in [0.29, 0.717) is 36.7 Å². The van der Waals surface area contributed by atoms with Crippen LogP contribution in [0.2, 0.25) is 0 Å². The van der Waals surface area contributed by atoms with E-state index in [1.165, 1.54) is 11.1 Å². The van der Waals surface area contributed by atoms with Crippen LogP contribution in [0.15, 0.2) is 42.5 Å². The third-order valence-corrected chi connectivity index (χ3v) is 7.75. The predicted octanol–water partition coefficient (Wildman–Crippen LogP) is 2.55. The van der Waals surface area contributed by atoms with E-state index in [-0.39, 0.29) is 30.8 Å². The summed E-state index contributed by atoms with van der Waals surface area (Å²) in [5.41, 5.74) is 3.21. The number of hydrogen-bond donors (Lipinski definition) is 2. The number of aliphatic hydroxyl groups is 2. The Morgan fingerprint density at radius 1 is 1.00 bits per heavy atom. The Morgan fingerprint density at radius 2 is 1.76 bits per heavy atom. The fraction of sp³-hybridized carbons (Fsp3) is 0.567. The molecule has 2 aromatic carbocycles. The molecule has 0 bridgehead atoms. The summed E-state index contributed by atoms with van der Waals surface area (Å²) in [7, 11) is 0. The third kappa shape index (κ3) is 6.67. The van der Waals surface area contributed by atoms with E-state index >= 15 is 0 Å². The number of nitrogens with zero attached hydrogens (tertiary/aromatic N) is 3. The second kappa shape index (κ2) is 12.0. The van der Waals surface area contributed by atoms with Gasteiger partial charge in [0.2, 0.25) is 0 Å². The lowest BCUT2D eigenvalue weighted by atomic mass is 10.00. The molecule has 2 N–H and O–H groups in total. The van der Waals surface area contributed by atoms with Crippen molar-refractivity contribution in [1.29, 1.82) is 0 Å². The van der Waals surface area contributed by atoms with Crippen molar-refractivity contribution < 1.29 is 24.5 Å². The quantitative estimate of drug-likeness (QED) is 0.550. The largest absolute Gasteiger partial charge is 0.490 e. The van der Waals surface area contributed by atoms with Crippen molar-refractivity contribution in [2.24, 2.45) is 0 Å². The topological polar surface area (TPSA) is 85.7 Å². The molecule has 0 aliphatic carbocycles. The van der Waals surface area contributed by atoms with E-state index in [1.807, 2.05) is 26.0 Å². The Kier molecular flexibility index (Phi) is 8.53. The molecule has 1 amide bonds. The van der Waals surface area contributed by atoms with E-state index < -0.39 is 6.10 Å². The van der Waals surface area contributed by atoms with Crippen LogP contribution in [0, 0.1) is 0 Å².